The van der Waals surface area contributed by atoms with Crippen LogP contribution >= 0.6 is 0 Å². The molecule has 0 aromatic heterocycles. The first-order valence-electron chi connectivity index (χ1n) is 13.7. The van der Waals surface area contributed by atoms with Gasteiger partial charge in [-0.15, -0.1) is 0 Å². The van der Waals surface area contributed by atoms with Crippen LogP contribution in [0.25, 0.3) is 0 Å². The molecule has 1 aliphatic carbocycles. The lowest BCUT2D eigenvalue weighted by molar-refractivity contribution is 0.0734. The van der Waals surface area contributed by atoms with Gasteiger partial charge in [0, 0.05) is 0 Å². The maximum absolute atomic E-state index is 12.5. The number of ether oxygens (including phenoxy) is 2. The molecule has 0 saturated heterocycles. The van der Waals surface area contributed by atoms with Crippen molar-refractivity contribution in [2.75, 3.05) is 6.61 Å². The summed E-state index contributed by atoms with van der Waals surface area (Å²) in [7, 11) is 0. The molecule has 1 saturated carbocycles. The lowest BCUT2D eigenvalue weighted by Crippen LogP contribution is -2.15. The number of unbranched alkanes of at least 4 members (excludes halogenated alkanes) is 4. The summed E-state index contributed by atoms with van der Waals surface area (Å²) in [5, 5.41) is 0. The van der Waals surface area contributed by atoms with E-state index in [0.29, 0.717) is 11.3 Å². The van der Waals surface area contributed by atoms with Gasteiger partial charge in [0.25, 0.3) is 0 Å². The molecule has 0 unspecified atom stereocenters. The fraction of sp³-hybridized carbons (Fsp3) is 0.581. The zero-order valence-electron chi connectivity index (χ0n) is 21.4. The largest absolute Gasteiger partial charge is 0.494 e. The second-order valence-electron chi connectivity index (χ2n) is 10.0. The molecular formula is C31H44O3. The van der Waals surface area contributed by atoms with Crippen molar-refractivity contribution in [3.05, 3.63) is 59.7 Å². The molecule has 2 aromatic carbocycles. The third-order valence-electron chi connectivity index (χ3n) is 7.25. The highest BCUT2D eigenvalue weighted by atomic mass is 16.5. The first-order valence-corrected chi connectivity index (χ1v) is 13.7. The second kappa shape index (κ2) is 14.9. The van der Waals surface area contributed by atoms with E-state index >= 15 is 0 Å². The Morgan fingerprint density at radius 1 is 0.735 bits per heavy atom. The lowest BCUT2D eigenvalue weighted by Gasteiger charge is -2.28. The van der Waals surface area contributed by atoms with E-state index in [0.717, 1.165) is 37.0 Å². The molecule has 1 aliphatic rings. The Morgan fingerprint density at radius 2 is 1.35 bits per heavy atom. The van der Waals surface area contributed by atoms with Crippen LogP contribution in [0.3, 0.4) is 0 Å². The van der Waals surface area contributed by atoms with E-state index in [2.05, 4.69) is 26.0 Å². The molecule has 0 aliphatic heterocycles. The Labute approximate surface area is 207 Å². The summed E-state index contributed by atoms with van der Waals surface area (Å²) >= 11 is 0. The van der Waals surface area contributed by atoms with Crippen molar-refractivity contribution in [1.82, 2.24) is 0 Å². The van der Waals surface area contributed by atoms with E-state index in [1.165, 1.54) is 76.2 Å². The molecule has 3 nitrogen and oxygen atoms in total. The van der Waals surface area contributed by atoms with E-state index in [1.54, 1.807) is 12.1 Å². The molecule has 0 amide bonds. The highest BCUT2D eigenvalue weighted by Crippen LogP contribution is 2.34. The van der Waals surface area contributed by atoms with E-state index in [4.69, 9.17) is 9.47 Å². The van der Waals surface area contributed by atoms with Crippen molar-refractivity contribution >= 4 is 5.97 Å². The summed E-state index contributed by atoms with van der Waals surface area (Å²) < 4.78 is 11.4. The maximum Gasteiger partial charge on any atom is 0.343 e. The van der Waals surface area contributed by atoms with E-state index in [1.807, 2.05) is 24.3 Å². The number of rotatable bonds is 14. The molecule has 0 atom stereocenters. The quantitative estimate of drug-likeness (QED) is 0.159. The Kier molecular flexibility index (Phi) is 11.5. The number of carbonyl (C=O) groups is 1. The fourth-order valence-corrected chi connectivity index (χ4v) is 5.06. The molecule has 0 spiro atoms. The highest BCUT2D eigenvalue weighted by Gasteiger charge is 2.20. The minimum absolute atomic E-state index is 0.331. The van der Waals surface area contributed by atoms with Gasteiger partial charge in [0.05, 0.1) is 12.2 Å². The van der Waals surface area contributed by atoms with Crippen molar-refractivity contribution < 1.29 is 14.3 Å². The number of hydrogen-bond donors (Lipinski definition) is 0. The fourth-order valence-electron chi connectivity index (χ4n) is 5.06. The van der Waals surface area contributed by atoms with E-state index < -0.39 is 0 Å². The Balaban J connectivity index is 1.37. The van der Waals surface area contributed by atoms with Crippen LogP contribution in [0.15, 0.2) is 48.5 Å². The van der Waals surface area contributed by atoms with Crippen molar-refractivity contribution in [1.29, 1.82) is 0 Å². The van der Waals surface area contributed by atoms with Crippen LogP contribution in [-0.4, -0.2) is 12.6 Å². The second-order valence-corrected chi connectivity index (χ2v) is 10.0. The van der Waals surface area contributed by atoms with Crippen LogP contribution in [0.1, 0.15) is 107 Å². The standard InChI is InChI=1S/C31H44O3/c1-3-5-6-7-8-24-33-29-22-18-28(19-23-29)31(32)34-30-20-16-27(17-21-30)15-14-26-12-10-25(9-4-2)11-13-26/h16-23,25-26H,3-15,24H2,1-2H3/t25-,26-. The predicted molar refractivity (Wildman–Crippen MR) is 141 cm³/mol. The van der Waals surface area contributed by atoms with Crippen LogP contribution in [0, 0.1) is 11.8 Å². The molecule has 186 valence electrons. The smallest absolute Gasteiger partial charge is 0.343 e. The summed E-state index contributed by atoms with van der Waals surface area (Å²) in [5.74, 6) is 2.91. The minimum atomic E-state index is -0.331. The summed E-state index contributed by atoms with van der Waals surface area (Å²) in [6, 6.07) is 15.3. The van der Waals surface area contributed by atoms with Crippen LogP contribution in [-0.2, 0) is 6.42 Å². The van der Waals surface area contributed by atoms with Gasteiger partial charge in [0.1, 0.15) is 11.5 Å². The minimum Gasteiger partial charge on any atom is -0.494 e. The zero-order valence-corrected chi connectivity index (χ0v) is 21.4. The van der Waals surface area contributed by atoms with Crippen molar-refractivity contribution in [2.45, 2.75) is 97.3 Å². The summed E-state index contributed by atoms with van der Waals surface area (Å²) in [6.07, 6.45) is 16.8. The summed E-state index contributed by atoms with van der Waals surface area (Å²) in [5.41, 5.74) is 1.87. The topological polar surface area (TPSA) is 35.5 Å². The van der Waals surface area contributed by atoms with Crippen molar-refractivity contribution in [2.24, 2.45) is 11.8 Å². The molecule has 3 rings (SSSR count). The van der Waals surface area contributed by atoms with Crippen molar-refractivity contribution in [3.8, 4) is 11.5 Å². The summed E-state index contributed by atoms with van der Waals surface area (Å²) in [6.45, 7) is 5.24. The predicted octanol–water partition coefficient (Wildman–Crippen LogP) is 8.79. The van der Waals surface area contributed by atoms with Crippen LogP contribution < -0.4 is 9.47 Å². The molecule has 0 bridgehead atoms. The molecule has 0 radical (unpaired) electrons. The number of carbonyl (C=O) groups excluding carboxylic acids is 1. The monoisotopic (exact) mass is 464 g/mol. The van der Waals surface area contributed by atoms with Gasteiger partial charge in [-0.25, -0.2) is 4.79 Å². The molecular weight excluding hydrogens is 420 g/mol. The lowest BCUT2D eigenvalue weighted by atomic mass is 9.78. The number of aryl methyl sites for hydroxylation is 1. The van der Waals surface area contributed by atoms with Gasteiger partial charge in [0.15, 0.2) is 0 Å². The SMILES string of the molecule is CCCCCCCOc1ccc(C(=O)Oc2ccc(CC[C@H]3CC[C@H](CCC)CC3)cc2)cc1. The highest BCUT2D eigenvalue weighted by molar-refractivity contribution is 5.91. The zero-order chi connectivity index (χ0) is 24.0. The third-order valence-corrected chi connectivity index (χ3v) is 7.25. The first-order chi connectivity index (χ1) is 16.7. The van der Waals surface area contributed by atoms with Crippen LogP contribution in [0.5, 0.6) is 11.5 Å². The van der Waals surface area contributed by atoms with Crippen LogP contribution in [0.4, 0.5) is 0 Å². The Hall–Kier alpha value is -2.29. The molecule has 0 N–H and O–H groups in total. The van der Waals surface area contributed by atoms with Gasteiger partial charge < -0.3 is 9.47 Å². The number of hydrogen-bond acceptors (Lipinski definition) is 3. The summed E-state index contributed by atoms with van der Waals surface area (Å²) in [4.78, 5) is 12.5. The molecule has 1 fully saturated rings. The van der Waals surface area contributed by atoms with Gasteiger partial charge in [0.2, 0.25) is 0 Å². The van der Waals surface area contributed by atoms with Gasteiger partial charge in [-0.3, -0.25) is 0 Å². The number of esters is 1. The van der Waals surface area contributed by atoms with Gasteiger partial charge in [-0.05, 0) is 73.1 Å². The normalized spacial score (nSPS) is 17.9. The molecule has 34 heavy (non-hydrogen) atoms. The van der Waals surface area contributed by atoms with E-state index in [9.17, 15) is 4.79 Å². The molecule has 2 aromatic rings. The van der Waals surface area contributed by atoms with Gasteiger partial charge >= 0.3 is 5.97 Å². The Bertz CT molecular complexity index is 817. The average molecular weight is 465 g/mol. The maximum atomic E-state index is 12.5. The Morgan fingerprint density at radius 3 is 2.00 bits per heavy atom. The van der Waals surface area contributed by atoms with Crippen molar-refractivity contribution in [3.63, 3.8) is 0 Å². The van der Waals surface area contributed by atoms with Crippen LogP contribution in [0.2, 0.25) is 0 Å². The first kappa shape index (κ1) is 26.3. The third kappa shape index (κ3) is 9.16. The average Bonchev–Trinajstić information content (AvgIpc) is 2.87. The van der Waals surface area contributed by atoms with Gasteiger partial charge in [-0.2, -0.15) is 0 Å². The molecule has 0 heterocycles. The van der Waals surface area contributed by atoms with E-state index in [-0.39, 0.29) is 5.97 Å². The molecule has 3 heteroatoms. The van der Waals surface area contributed by atoms with Gasteiger partial charge in [-0.1, -0.05) is 90.2 Å². The number of benzene rings is 2.